The highest BCUT2D eigenvalue weighted by atomic mass is 16.3. The Labute approximate surface area is 129 Å². The van der Waals surface area contributed by atoms with E-state index in [1.807, 2.05) is 6.07 Å². The SMILES string of the molecule is CC(CO)NC(=O)c1cccc(Nc2ccc(C#N)cc2)c1. The lowest BCUT2D eigenvalue weighted by Crippen LogP contribution is -2.34. The van der Waals surface area contributed by atoms with Gasteiger partial charge in [-0.05, 0) is 49.4 Å². The molecular formula is C17H17N3O2. The van der Waals surface area contributed by atoms with Gasteiger partial charge in [-0.15, -0.1) is 0 Å². The molecule has 2 aromatic rings. The largest absolute Gasteiger partial charge is 0.394 e. The molecule has 0 aromatic heterocycles. The van der Waals surface area contributed by atoms with Crippen LogP contribution in [0.4, 0.5) is 11.4 Å². The van der Waals surface area contributed by atoms with E-state index >= 15 is 0 Å². The molecule has 0 aliphatic carbocycles. The van der Waals surface area contributed by atoms with Crippen LogP contribution in [0.1, 0.15) is 22.8 Å². The number of benzene rings is 2. The molecule has 2 rings (SSSR count). The molecule has 2 aromatic carbocycles. The fraction of sp³-hybridized carbons (Fsp3) is 0.176. The molecule has 0 aliphatic rings. The van der Waals surface area contributed by atoms with Crippen molar-refractivity contribution >= 4 is 17.3 Å². The first-order valence-electron chi connectivity index (χ1n) is 6.91. The number of nitrogens with zero attached hydrogens (tertiary/aromatic N) is 1. The van der Waals surface area contributed by atoms with Crippen molar-refractivity contribution in [3.05, 3.63) is 59.7 Å². The third kappa shape index (κ3) is 4.08. The zero-order chi connectivity index (χ0) is 15.9. The summed E-state index contributed by atoms with van der Waals surface area (Å²) in [7, 11) is 0. The summed E-state index contributed by atoms with van der Waals surface area (Å²) >= 11 is 0. The molecule has 0 radical (unpaired) electrons. The summed E-state index contributed by atoms with van der Waals surface area (Å²) < 4.78 is 0. The Kier molecular flexibility index (Phi) is 5.12. The fourth-order valence-electron chi connectivity index (χ4n) is 1.89. The molecule has 0 aliphatic heterocycles. The van der Waals surface area contributed by atoms with Crippen molar-refractivity contribution in [2.24, 2.45) is 0 Å². The molecule has 1 unspecified atom stereocenters. The molecule has 0 saturated carbocycles. The third-order valence-corrected chi connectivity index (χ3v) is 3.08. The Balaban J connectivity index is 2.10. The van der Waals surface area contributed by atoms with Crippen molar-refractivity contribution in [3.63, 3.8) is 0 Å². The summed E-state index contributed by atoms with van der Waals surface area (Å²) in [6.45, 7) is 1.63. The van der Waals surface area contributed by atoms with Gasteiger partial charge in [0.15, 0.2) is 0 Å². The van der Waals surface area contributed by atoms with E-state index in [0.717, 1.165) is 11.4 Å². The lowest BCUT2D eigenvalue weighted by Gasteiger charge is -2.12. The van der Waals surface area contributed by atoms with E-state index in [0.29, 0.717) is 11.1 Å². The van der Waals surface area contributed by atoms with E-state index in [1.54, 1.807) is 49.4 Å². The fourth-order valence-corrected chi connectivity index (χ4v) is 1.89. The van der Waals surface area contributed by atoms with Gasteiger partial charge in [0, 0.05) is 23.0 Å². The number of carbonyl (C=O) groups excluding carboxylic acids is 1. The summed E-state index contributed by atoms with van der Waals surface area (Å²) in [5.41, 5.74) is 2.71. The minimum atomic E-state index is -0.289. The van der Waals surface area contributed by atoms with Gasteiger partial charge in [0.05, 0.1) is 18.2 Å². The van der Waals surface area contributed by atoms with Crippen LogP contribution < -0.4 is 10.6 Å². The molecule has 22 heavy (non-hydrogen) atoms. The number of nitriles is 1. The second-order valence-electron chi connectivity index (χ2n) is 4.95. The van der Waals surface area contributed by atoms with Crippen LogP contribution in [-0.2, 0) is 0 Å². The number of nitrogens with one attached hydrogen (secondary N) is 2. The van der Waals surface area contributed by atoms with Crippen molar-refractivity contribution < 1.29 is 9.90 Å². The average molecular weight is 295 g/mol. The molecule has 0 heterocycles. The van der Waals surface area contributed by atoms with Gasteiger partial charge in [-0.3, -0.25) is 4.79 Å². The second kappa shape index (κ2) is 7.25. The highest BCUT2D eigenvalue weighted by Crippen LogP contribution is 2.18. The van der Waals surface area contributed by atoms with E-state index in [2.05, 4.69) is 16.7 Å². The summed E-state index contributed by atoms with van der Waals surface area (Å²) in [6.07, 6.45) is 0. The molecule has 112 valence electrons. The Morgan fingerprint density at radius 2 is 1.95 bits per heavy atom. The number of anilines is 2. The topological polar surface area (TPSA) is 85.2 Å². The zero-order valence-electron chi connectivity index (χ0n) is 12.2. The van der Waals surface area contributed by atoms with E-state index in [1.165, 1.54) is 0 Å². The van der Waals surface area contributed by atoms with Crippen molar-refractivity contribution in [2.45, 2.75) is 13.0 Å². The average Bonchev–Trinajstić information content (AvgIpc) is 2.55. The molecular weight excluding hydrogens is 278 g/mol. The smallest absolute Gasteiger partial charge is 0.251 e. The summed E-state index contributed by atoms with van der Waals surface area (Å²) in [5.74, 6) is -0.231. The summed E-state index contributed by atoms with van der Waals surface area (Å²) in [5, 5.41) is 23.6. The molecule has 5 nitrogen and oxygen atoms in total. The quantitative estimate of drug-likeness (QED) is 0.790. The molecule has 0 saturated heterocycles. The maximum atomic E-state index is 12.0. The maximum absolute atomic E-state index is 12.0. The van der Waals surface area contributed by atoms with Gasteiger partial charge >= 0.3 is 0 Å². The van der Waals surface area contributed by atoms with Crippen molar-refractivity contribution in [2.75, 3.05) is 11.9 Å². The van der Waals surface area contributed by atoms with Gasteiger partial charge in [-0.1, -0.05) is 6.07 Å². The van der Waals surface area contributed by atoms with E-state index in [-0.39, 0.29) is 18.6 Å². The minimum absolute atomic E-state index is 0.102. The van der Waals surface area contributed by atoms with Crippen LogP contribution in [0.3, 0.4) is 0 Å². The number of hydrogen-bond acceptors (Lipinski definition) is 4. The van der Waals surface area contributed by atoms with Crippen LogP contribution in [0.5, 0.6) is 0 Å². The molecule has 1 atom stereocenters. The minimum Gasteiger partial charge on any atom is -0.394 e. The van der Waals surface area contributed by atoms with E-state index < -0.39 is 0 Å². The standard InChI is InChI=1S/C17H17N3O2/c1-12(11-21)19-17(22)14-3-2-4-16(9-14)20-15-7-5-13(10-18)6-8-15/h2-9,12,20-21H,11H2,1H3,(H,19,22). The van der Waals surface area contributed by atoms with Crippen molar-refractivity contribution in [1.29, 1.82) is 5.26 Å². The van der Waals surface area contributed by atoms with Crippen LogP contribution in [-0.4, -0.2) is 23.7 Å². The normalized spacial score (nSPS) is 11.3. The Morgan fingerprint density at radius 1 is 1.23 bits per heavy atom. The highest BCUT2D eigenvalue weighted by Gasteiger charge is 2.09. The van der Waals surface area contributed by atoms with Crippen molar-refractivity contribution in [1.82, 2.24) is 5.32 Å². The maximum Gasteiger partial charge on any atom is 0.251 e. The van der Waals surface area contributed by atoms with E-state index in [9.17, 15) is 4.79 Å². The Bertz CT molecular complexity index is 690. The molecule has 0 fully saturated rings. The van der Waals surface area contributed by atoms with Gasteiger partial charge in [-0.25, -0.2) is 0 Å². The predicted molar refractivity (Wildman–Crippen MR) is 84.9 cm³/mol. The van der Waals surface area contributed by atoms with Gasteiger partial charge in [0.25, 0.3) is 5.91 Å². The second-order valence-corrected chi connectivity index (χ2v) is 4.95. The third-order valence-electron chi connectivity index (χ3n) is 3.08. The van der Waals surface area contributed by atoms with Crippen LogP contribution in [0, 0.1) is 11.3 Å². The number of rotatable bonds is 5. The van der Waals surface area contributed by atoms with Gasteiger partial charge < -0.3 is 15.7 Å². The van der Waals surface area contributed by atoms with Crippen LogP contribution in [0.2, 0.25) is 0 Å². The molecule has 1 amide bonds. The summed E-state index contributed by atoms with van der Waals surface area (Å²) in [4.78, 5) is 12.0. The molecule has 0 spiro atoms. The lowest BCUT2D eigenvalue weighted by atomic mass is 10.1. The Morgan fingerprint density at radius 3 is 2.59 bits per heavy atom. The predicted octanol–water partition coefficient (Wildman–Crippen LogP) is 2.41. The Hall–Kier alpha value is -2.84. The van der Waals surface area contributed by atoms with Crippen LogP contribution in [0.15, 0.2) is 48.5 Å². The highest BCUT2D eigenvalue weighted by molar-refractivity contribution is 5.95. The number of carbonyl (C=O) groups is 1. The van der Waals surface area contributed by atoms with E-state index in [4.69, 9.17) is 10.4 Å². The van der Waals surface area contributed by atoms with Crippen LogP contribution in [0.25, 0.3) is 0 Å². The van der Waals surface area contributed by atoms with Gasteiger partial charge in [0.2, 0.25) is 0 Å². The zero-order valence-corrected chi connectivity index (χ0v) is 12.2. The van der Waals surface area contributed by atoms with Gasteiger partial charge in [0.1, 0.15) is 0 Å². The molecule has 0 bridgehead atoms. The van der Waals surface area contributed by atoms with Crippen molar-refractivity contribution in [3.8, 4) is 6.07 Å². The first kappa shape index (κ1) is 15.5. The number of hydrogen-bond donors (Lipinski definition) is 3. The summed E-state index contributed by atoms with van der Waals surface area (Å²) in [6, 6.07) is 15.9. The number of aliphatic hydroxyl groups excluding tert-OH is 1. The number of amides is 1. The molecule has 3 N–H and O–H groups in total. The number of aliphatic hydroxyl groups is 1. The lowest BCUT2D eigenvalue weighted by molar-refractivity contribution is 0.0922. The first-order valence-corrected chi connectivity index (χ1v) is 6.91. The monoisotopic (exact) mass is 295 g/mol. The first-order chi connectivity index (χ1) is 10.6. The van der Waals surface area contributed by atoms with Gasteiger partial charge in [-0.2, -0.15) is 5.26 Å². The van der Waals surface area contributed by atoms with Crippen LogP contribution >= 0.6 is 0 Å². The molecule has 5 heteroatoms.